The third-order valence-corrected chi connectivity index (χ3v) is 5.49. The summed E-state index contributed by atoms with van der Waals surface area (Å²) in [6.07, 6.45) is 3.10. The van der Waals surface area contributed by atoms with Crippen molar-refractivity contribution in [3.05, 3.63) is 99.4 Å². The lowest BCUT2D eigenvalue weighted by molar-refractivity contribution is -0.115. The van der Waals surface area contributed by atoms with Crippen molar-refractivity contribution in [2.24, 2.45) is 0 Å². The van der Waals surface area contributed by atoms with Crippen LogP contribution in [0.3, 0.4) is 0 Å². The largest absolute Gasteiger partial charge is 0.327 e. The summed E-state index contributed by atoms with van der Waals surface area (Å²) >= 11 is 0. The van der Waals surface area contributed by atoms with E-state index in [0.29, 0.717) is 22.3 Å². The summed E-state index contributed by atoms with van der Waals surface area (Å²) in [5.41, 5.74) is 3.50. The van der Waals surface area contributed by atoms with E-state index in [1.165, 1.54) is 29.4 Å². The van der Waals surface area contributed by atoms with Crippen molar-refractivity contribution in [1.82, 2.24) is 20.4 Å². The lowest BCUT2D eigenvalue weighted by atomic mass is 9.90. The highest BCUT2D eigenvalue weighted by molar-refractivity contribution is 6.00. The molecule has 8 heteroatoms. The van der Waals surface area contributed by atoms with Gasteiger partial charge in [0.15, 0.2) is 5.78 Å². The van der Waals surface area contributed by atoms with Gasteiger partial charge in [-0.25, -0.2) is 14.3 Å². The number of nitrogens with one attached hydrogen (secondary N) is 2. The van der Waals surface area contributed by atoms with Crippen LogP contribution in [-0.2, 0) is 11.2 Å². The molecule has 0 unspecified atom stereocenters. The molecule has 0 spiro atoms. The summed E-state index contributed by atoms with van der Waals surface area (Å²) in [5.74, 6) is -0.585. The molecule has 2 amide bonds. The molecule has 0 aliphatic carbocycles. The average molecular weight is 432 g/mol. The second-order valence-corrected chi connectivity index (χ2v) is 7.67. The van der Waals surface area contributed by atoms with Gasteiger partial charge < -0.3 is 10.2 Å². The fourth-order valence-electron chi connectivity index (χ4n) is 3.67. The Labute approximate surface area is 183 Å². The first-order valence-corrected chi connectivity index (χ1v) is 10.0. The van der Waals surface area contributed by atoms with Gasteiger partial charge in [0.05, 0.1) is 6.04 Å². The highest BCUT2D eigenvalue weighted by Gasteiger charge is 2.30. The third kappa shape index (κ3) is 4.20. The number of hydrogen-bond acceptors (Lipinski definition) is 4. The Hall–Kier alpha value is -4.07. The predicted molar refractivity (Wildman–Crippen MR) is 117 cm³/mol. The van der Waals surface area contributed by atoms with Crippen LogP contribution in [0.4, 0.5) is 9.18 Å². The molecule has 1 atom stereocenters. The molecule has 0 radical (unpaired) electrons. The van der Waals surface area contributed by atoms with Gasteiger partial charge in [0.25, 0.3) is 5.56 Å². The van der Waals surface area contributed by atoms with E-state index in [4.69, 9.17) is 0 Å². The molecule has 4 rings (SSSR count). The van der Waals surface area contributed by atoms with E-state index in [1.807, 2.05) is 25.1 Å². The number of aryl methyl sites for hydroxylation is 1. The van der Waals surface area contributed by atoms with Crippen LogP contribution in [0.15, 0.2) is 71.3 Å². The van der Waals surface area contributed by atoms with E-state index in [2.05, 4.69) is 15.5 Å². The minimum Gasteiger partial charge on any atom is -0.327 e. The highest BCUT2D eigenvalue weighted by atomic mass is 19.1. The number of carbonyl (C=O) groups is 2. The lowest BCUT2D eigenvalue weighted by Crippen LogP contribution is -2.43. The molecule has 7 nitrogen and oxygen atoms in total. The van der Waals surface area contributed by atoms with Crippen molar-refractivity contribution >= 4 is 11.8 Å². The second-order valence-electron chi connectivity index (χ2n) is 7.67. The molecule has 2 aromatic carbocycles. The number of rotatable bonds is 5. The molecule has 2 heterocycles. The number of H-pyrrole nitrogens is 1. The van der Waals surface area contributed by atoms with Crippen LogP contribution < -0.4 is 10.9 Å². The minimum atomic E-state index is -0.682. The topological polar surface area (TPSA) is 95.2 Å². The summed E-state index contributed by atoms with van der Waals surface area (Å²) < 4.78 is 13.4. The van der Waals surface area contributed by atoms with Gasteiger partial charge in [-0.05, 0) is 47.4 Å². The van der Waals surface area contributed by atoms with Crippen LogP contribution in [0.2, 0.25) is 0 Å². The number of hydrogen-bond donors (Lipinski definition) is 2. The van der Waals surface area contributed by atoms with E-state index in [9.17, 15) is 18.8 Å². The number of amides is 2. The molecule has 2 N–H and O–H groups in total. The van der Waals surface area contributed by atoms with Crippen molar-refractivity contribution in [1.29, 1.82) is 0 Å². The van der Waals surface area contributed by atoms with Crippen molar-refractivity contribution in [2.75, 3.05) is 7.05 Å². The SMILES string of the molecule is Cc1ccc(-c2ccn[nH]c2=O)cc1CC(=O)C1=CN(C)C(=O)N[C@H]1c1ccc(F)cc1. The van der Waals surface area contributed by atoms with E-state index in [-0.39, 0.29) is 23.8 Å². The van der Waals surface area contributed by atoms with Gasteiger partial charge in [0.2, 0.25) is 0 Å². The van der Waals surface area contributed by atoms with Crippen LogP contribution in [0.5, 0.6) is 0 Å². The van der Waals surface area contributed by atoms with Gasteiger partial charge in [0.1, 0.15) is 5.82 Å². The standard InChI is InChI=1S/C24H21FN4O3/c1-14-3-4-16(19-9-10-26-28-23(19)31)11-17(14)12-21(30)20-13-29(2)24(32)27-22(20)15-5-7-18(25)8-6-15/h3-11,13,22H,12H2,1-2H3,(H,27,32)(H,28,31)/t22-/m0/s1. The Kier molecular flexibility index (Phi) is 5.68. The maximum atomic E-state index is 13.4. The Bertz CT molecular complexity index is 1280. The molecule has 1 aromatic heterocycles. The summed E-state index contributed by atoms with van der Waals surface area (Å²) in [5, 5.41) is 8.92. The summed E-state index contributed by atoms with van der Waals surface area (Å²) in [6.45, 7) is 1.89. The lowest BCUT2D eigenvalue weighted by Gasteiger charge is -2.30. The minimum absolute atomic E-state index is 0.0793. The number of urea groups is 1. The predicted octanol–water partition coefficient (Wildman–Crippen LogP) is 3.28. The number of aromatic nitrogens is 2. The van der Waals surface area contributed by atoms with Crippen LogP contribution in [0.1, 0.15) is 22.7 Å². The Morgan fingerprint density at radius 3 is 2.59 bits per heavy atom. The number of benzene rings is 2. The molecule has 0 saturated carbocycles. The monoisotopic (exact) mass is 432 g/mol. The normalized spacial score (nSPS) is 15.8. The van der Waals surface area contributed by atoms with Gasteiger partial charge in [-0.3, -0.25) is 9.59 Å². The fourth-order valence-corrected chi connectivity index (χ4v) is 3.67. The number of halogens is 1. The zero-order valence-corrected chi connectivity index (χ0v) is 17.6. The number of ketones is 1. The molecular formula is C24H21FN4O3. The molecule has 0 fully saturated rings. The van der Waals surface area contributed by atoms with Crippen molar-refractivity contribution in [3.8, 4) is 11.1 Å². The molecular weight excluding hydrogens is 411 g/mol. The smallest absolute Gasteiger partial charge is 0.321 e. The quantitative estimate of drug-likeness (QED) is 0.647. The second kappa shape index (κ2) is 8.58. The van der Waals surface area contributed by atoms with E-state index in [0.717, 1.165) is 11.1 Å². The van der Waals surface area contributed by atoms with Crippen LogP contribution in [0, 0.1) is 12.7 Å². The summed E-state index contributed by atoms with van der Waals surface area (Å²) in [7, 11) is 1.56. The zero-order chi connectivity index (χ0) is 22.8. The number of carbonyl (C=O) groups excluding carboxylic acids is 2. The number of Topliss-reactive ketones (excluding diaryl/α,β-unsaturated/α-hetero) is 1. The van der Waals surface area contributed by atoms with E-state index in [1.54, 1.807) is 25.2 Å². The number of nitrogens with zero attached hydrogens (tertiary/aromatic N) is 2. The summed E-state index contributed by atoms with van der Waals surface area (Å²) in [4.78, 5) is 39.0. The molecule has 162 valence electrons. The Morgan fingerprint density at radius 2 is 1.88 bits per heavy atom. The Balaban J connectivity index is 1.67. The summed E-state index contributed by atoms with van der Waals surface area (Å²) in [6, 6.07) is 11.8. The van der Waals surface area contributed by atoms with Gasteiger partial charge >= 0.3 is 6.03 Å². The molecule has 0 saturated heterocycles. The van der Waals surface area contributed by atoms with E-state index >= 15 is 0 Å². The first-order chi connectivity index (χ1) is 15.3. The van der Waals surface area contributed by atoms with Crippen molar-refractivity contribution < 1.29 is 14.0 Å². The van der Waals surface area contributed by atoms with Gasteiger partial charge in [-0.15, -0.1) is 0 Å². The molecule has 32 heavy (non-hydrogen) atoms. The van der Waals surface area contributed by atoms with Gasteiger partial charge in [-0.1, -0.05) is 30.3 Å². The fraction of sp³-hybridized carbons (Fsp3) is 0.167. The average Bonchev–Trinajstić information content (AvgIpc) is 2.78. The first-order valence-electron chi connectivity index (χ1n) is 10.0. The molecule has 0 bridgehead atoms. The molecule has 1 aliphatic heterocycles. The maximum absolute atomic E-state index is 13.4. The van der Waals surface area contributed by atoms with Crippen LogP contribution in [0.25, 0.3) is 11.1 Å². The number of aromatic amines is 1. The van der Waals surface area contributed by atoms with Gasteiger partial charge in [0, 0.05) is 37.0 Å². The van der Waals surface area contributed by atoms with Crippen molar-refractivity contribution in [2.45, 2.75) is 19.4 Å². The maximum Gasteiger partial charge on any atom is 0.321 e. The molecule has 1 aliphatic rings. The van der Waals surface area contributed by atoms with Crippen LogP contribution >= 0.6 is 0 Å². The van der Waals surface area contributed by atoms with Gasteiger partial charge in [-0.2, -0.15) is 5.10 Å². The first kappa shape index (κ1) is 21.2. The molecule has 3 aromatic rings. The zero-order valence-electron chi connectivity index (χ0n) is 17.6. The Morgan fingerprint density at radius 1 is 1.12 bits per heavy atom. The third-order valence-electron chi connectivity index (χ3n) is 5.49. The van der Waals surface area contributed by atoms with Crippen molar-refractivity contribution in [3.63, 3.8) is 0 Å². The van der Waals surface area contributed by atoms with Crippen LogP contribution in [-0.4, -0.2) is 34.0 Å². The van der Waals surface area contributed by atoms with E-state index < -0.39 is 11.9 Å². The highest BCUT2D eigenvalue weighted by Crippen LogP contribution is 2.28.